The molecule has 0 saturated heterocycles. The molecule has 2 N–H and O–H groups in total. The van der Waals surface area contributed by atoms with Gasteiger partial charge >= 0.3 is 12.1 Å². The number of anilines is 1. The number of hydrogen-bond acceptors (Lipinski definition) is 4. The van der Waals surface area contributed by atoms with E-state index in [-0.39, 0.29) is 10.6 Å². The number of alkyl halides is 3. The first-order valence-electron chi connectivity index (χ1n) is 5.47. The summed E-state index contributed by atoms with van der Waals surface area (Å²) in [4.78, 5) is 17.6. The van der Waals surface area contributed by atoms with Gasteiger partial charge in [-0.15, -0.1) is 0 Å². The third kappa shape index (κ3) is 3.12. The van der Waals surface area contributed by atoms with Gasteiger partial charge in [-0.2, -0.15) is 18.0 Å². The first-order chi connectivity index (χ1) is 10.2. The molecule has 1 amide bonds. The van der Waals surface area contributed by atoms with Crippen molar-refractivity contribution in [1.82, 2.24) is 4.98 Å². The average Bonchev–Trinajstić information content (AvgIpc) is 2.84. The van der Waals surface area contributed by atoms with Crippen LogP contribution in [0.5, 0.6) is 5.75 Å². The SMILES string of the molecule is [C-]#[N+]c1oc(C(F)(F)F)nc1NC(=O)c1cc(Cl)ccc1O. The second-order valence-electron chi connectivity index (χ2n) is 3.90. The lowest BCUT2D eigenvalue weighted by atomic mass is 10.2. The highest BCUT2D eigenvalue weighted by molar-refractivity contribution is 6.31. The third-order valence-electron chi connectivity index (χ3n) is 2.39. The number of aromatic hydroxyl groups is 1. The van der Waals surface area contributed by atoms with Crippen LogP contribution in [0.3, 0.4) is 0 Å². The lowest BCUT2D eigenvalue weighted by molar-refractivity contribution is -0.156. The summed E-state index contributed by atoms with van der Waals surface area (Å²) < 4.78 is 41.6. The van der Waals surface area contributed by atoms with Gasteiger partial charge in [0.15, 0.2) is 5.82 Å². The second kappa shape index (κ2) is 5.57. The van der Waals surface area contributed by atoms with E-state index >= 15 is 0 Å². The fourth-order valence-electron chi connectivity index (χ4n) is 1.46. The Morgan fingerprint density at radius 2 is 2.14 bits per heavy atom. The summed E-state index contributed by atoms with van der Waals surface area (Å²) in [6.45, 7) is 6.73. The van der Waals surface area contributed by atoms with Crippen LogP contribution >= 0.6 is 11.6 Å². The first-order valence-corrected chi connectivity index (χ1v) is 5.85. The Balaban J connectivity index is 2.35. The number of phenols is 1. The monoisotopic (exact) mass is 331 g/mol. The highest BCUT2D eigenvalue weighted by Crippen LogP contribution is 2.36. The molecule has 0 fully saturated rings. The van der Waals surface area contributed by atoms with Crippen molar-refractivity contribution in [3.63, 3.8) is 0 Å². The maximum Gasteiger partial charge on any atom is 0.467 e. The number of amides is 1. The normalized spacial score (nSPS) is 11.0. The Kier molecular flexibility index (Phi) is 3.97. The van der Waals surface area contributed by atoms with Crippen LogP contribution in [0.2, 0.25) is 5.02 Å². The molecule has 0 aliphatic rings. The van der Waals surface area contributed by atoms with Crippen molar-refractivity contribution in [3.05, 3.63) is 46.1 Å². The van der Waals surface area contributed by atoms with Crippen LogP contribution in [0, 0.1) is 6.57 Å². The average molecular weight is 332 g/mol. The molecule has 1 heterocycles. The van der Waals surface area contributed by atoms with Crippen LogP contribution in [0.25, 0.3) is 4.85 Å². The smallest absolute Gasteiger partial charge is 0.467 e. The number of halogens is 4. The minimum absolute atomic E-state index is 0.129. The van der Waals surface area contributed by atoms with Crippen LogP contribution < -0.4 is 5.32 Å². The number of aromatic nitrogens is 1. The lowest BCUT2D eigenvalue weighted by Gasteiger charge is -2.05. The highest BCUT2D eigenvalue weighted by Gasteiger charge is 2.38. The Morgan fingerprint density at radius 1 is 1.45 bits per heavy atom. The minimum Gasteiger partial charge on any atom is -0.507 e. The maximum atomic E-state index is 12.5. The standard InChI is InChI=1S/C12H5ClF3N3O3/c1-17-10-8(19-11(22-10)12(14,15)16)18-9(21)6-4-5(13)2-3-7(6)20/h2-4,20H,(H,18,21). The van der Waals surface area contributed by atoms with E-state index in [9.17, 15) is 23.1 Å². The molecule has 22 heavy (non-hydrogen) atoms. The number of benzene rings is 1. The van der Waals surface area contributed by atoms with E-state index in [4.69, 9.17) is 18.2 Å². The third-order valence-corrected chi connectivity index (χ3v) is 2.62. The Morgan fingerprint density at radius 3 is 2.73 bits per heavy atom. The van der Waals surface area contributed by atoms with Crippen molar-refractivity contribution < 1.29 is 27.5 Å². The van der Waals surface area contributed by atoms with E-state index in [1.54, 1.807) is 0 Å². The number of nitrogens with one attached hydrogen (secondary N) is 1. The van der Waals surface area contributed by atoms with Crippen LogP contribution in [0.15, 0.2) is 22.6 Å². The predicted molar refractivity (Wildman–Crippen MR) is 68.8 cm³/mol. The highest BCUT2D eigenvalue weighted by atomic mass is 35.5. The summed E-state index contributed by atoms with van der Waals surface area (Å²) in [5.74, 6) is -4.63. The molecule has 10 heteroatoms. The van der Waals surface area contributed by atoms with E-state index in [1.165, 1.54) is 6.07 Å². The number of carbonyl (C=O) groups is 1. The molecule has 0 saturated carbocycles. The molecule has 0 spiro atoms. The van der Waals surface area contributed by atoms with Gasteiger partial charge in [0.25, 0.3) is 11.8 Å². The second-order valence-corrected chi connectivity index (χ2v) is 4.33. The molecule has 0 aliphatic carbocycles. The summed E-state index contributed by atoms with van der Waals surface area (Å²) in [5.41, 5.74) is -0.292. The van der Waals surface area contributed by atoms with Gasteiger partial charge in [0.2, 0.25) is 0 Å². The van der Waals surface area contributed by atoms with E-state index in [0.29, 0.717) is 0 Å². The van der Waals surface area contributed by atoms with Gasteiger partial charge in [-0.25, -0.2) is 4.98 Å². The number of hydrogen-bond donors (Lipinski definition) is 2. The molecule has 0 radical (unpaired) electrons. The van der Waals surface area contributed by atoms with Gasteiger partial charge in [0.1, 0.15) is 5.75 Å². The summed E-state index contributed by atoms with van der Waals surface area (Å²) in [6.07, 6.45) is -4.90. The molecular weight excluding hydrogens is 327 g/mol. The molecule has 0 unspecified atom stereocenters. The molecule has 1 aromatic carbocycles. The first kappa shape index (κ1) is 15.7. The summed E-state index contributed by atoms with van der Waals surface area (Å²) in [6, 6.07) is 3.56. The molecule has 2 rings (SSSR count). The zero-order chi connectivity index (χ0) is 16.5. The molecule has 114 valence electrons. The van der Waals surface area contributed by atoms with Crippen LogP contribution in [-0.4, -0.2) is 16.0 Å². The fraction of sp³-hybridized carbons (Fsp3) is 0.0833. The largest absolute Gasteiger partial charge is 0.507 e. The van der Waals surface area contributed by atoms with Gasteiger partial charge in [-0.3, -0.25) is 4.79 Å². The van der Waals surface area contributed by atoms with E-state index in [1.807, 2.05) is 5.32 Å². The fourth-order valence-corrected chi connectivity index (χ4v) is 1.63. The molecule has 0 aliphatic heterocycles. The number of oxazole rings is 1. The van der Waals surface area contributed by atoms with Crippen molar-refractivity contribution in [1.29, 1.82) is 0 Å². The van der Waals surface area contributed by atoms with E-state index in [0.717, 1.165) is 12.1 Å². The number of carbonyl (C=O) groups excluding carboxylic acids is 1. The zero-order valence-electron chi connectivity index (χ0n) is 10.4. The van der Waals surface area contributed by atoms with Crippen molar-refractivity contribution >= 4 is 29.2 Å². The molecule has 0 atom stereocenters. The number of rotatable bonds is 2. The van der Waals surface area contributed by atoms with Crippen molar-refractivity contribution in [2.24, 2.45) is 0 Å². The molecule has 6 nitrogen and oxygen atoms in total. The minimum atomic E-state index is -4.90. The molecule has 0 bridgehead atoms. The van der Waals surface area contributed by atoms with Crippen molar-refractivity contribution in [2.45, 2.75) is 6.18 Å². The van der Waals surface area contributed by atoms with Crippen LogP contribution in [0.4, 0.5) is 24.9 Å². The number of phenolic OH excluding ortho intramolecular Hbond substituents is 1. The topological polar surface area (TPSA) is 79.7 Å². The van der Waals surface area contributed by atoms with Gasteiger partial charge in [-0.1, -0.05) is 11.6 Å². The predicted octanol–water partition coefficient (Wildman–Crippen LogP) is 3.86. The zero-order valence-corrected chi connectivity index (χ0v) is 11.2. The van der Waals surface area contributed by atoms with Crippen LogP contribution in [0.1, 0.15) is 16.2 Å². The maximum absolute atomic E-state index is 12.5. The van der Waals surface area contributed by atoms with E-state index < -0.39 is 35.4 Å². The summed E-state index contributed by atoms with van der Waals surface area (Å²) in [7, 11) is 0. The van der Waals surface area contributed by atoms with Crippen molar-refractivity contribution in [3.8, 4) is 5.75 Å². The van der Waals surface area contributed by atoms with Gasteiger partial charge < -0.3 is 14.8 Å². The van der Waals surface area contributed by atoms with Gasteiger partial charge in [0, 0.05) is 5.02 Å². The summed E-state index contributed by atoms with van der Waals surface area (Å²) >= 11 is 5.66. The Hall–Kier alpha value is -2.73. The summed E-state index contributed by atoms with van der Waals surface area (Å²) in [5, 5.41) is 11.6. The Bertz CT molecular complexity index is 780. The van der Waals surface area contributed by atoms with Crippen molar-refractivity contribution in [2.75, 3.05) is 5.32 Å². The van der Waals surface area contributed by atoms with Gasteiger partial charge in [0.05, 0.1) is 12.1 Å². The molecular formula is C12H5ClF3N3O3. The number of nitrogens with zero attached hydrogens (tertiary/aromatic N) is 2. The Labute approximate surface area is 126 Å². The lowest BCUT2D eigenvalue weighted by Crippen LogP contribution is -2.13. The molecule has 1 aromatic heterocycles. The quantitative estimate of drug-likeness (QED) is 0.819. The van der Waals surface area contributed by atoms with E-state index in [2.05, 4.69) is 14.2 Å². The van der Waals surface area contributed by atoms with Gasteiger partial charge in [-0.05, 0) is 18.2 Å². The molecule has 2 aromatic rings. The van der Waals surface area contributed by atoms with Crippen LogP contribution in [-0.2, 0) is 6.18 Å².